The molecule has 3 saturated carbocycles. The van der Waals surface area contributed by atoms with Crippen LogP contribution in [0.1, 0.15) is 185 Å². The van der Waals surface area contributed by atoms with E-state index in [1.807, 2.05) is 18.7 Å². The fourth-order valence-electron chi connectivity index (χ4n) is 12.0. The molecule has 0 aromatic rings. The number of carbonyl (C=O) groups excluding carboxylic acids is 2. The minimum atomic E-state index is -0.329. The minimum absolute atomic E-state index is 0.0322. The normalized spacial score (nSPS) is 30.6. The fourth-order valence-corrected chi connectivity index (χ4v) is 12.0. The Bertz CT molecular complexity index is 1250. The molecule has 1 amide bonds. The number of nitrogens with zero attached hydrogens (tertiary/aromatic N) is 1. The molecule has 4 aliphatic rings. The van der Waals surface area contributed by atoms with Crippen LogP contribution >= 0.6 is 0 Å². The van der Waals surface area contributed by atoms with Gasteiger partial charge in [-0.25, -0.2) is 0 Å². The second-order valence-electron chi connectivity index (χ2n) is 21.5. The van der Waals surface area contributed by atoms with E-state index in [1.54, 1.807) is 5.57 Å². The Morgan fingerprint density at radius 1 is 0.891 bits per heavy atom. The molecule has 4 rings (SSSR count). The number of hydrogen-bond acceptors (Lipinski definition) is 6. The van der Waals surface area contributed by atoms with Gasteiger partial charge in [0.15, 0.2) is 0 Å². The monoisotopic (exact) mass is 769 g/mol. The summed E-state index contributed by atoms with van der Waals surface area (Å²) in [5, 5.41) is 3.48. The van der Waals surface area contributed by atoms with E-state index in [-0.39, 0.29) is 34.5 Å². The summed E-state index contributed by atoms with van der Waals surface area (Å²) in [5.74, 6) is 5.77. The Kier molecular flexibility index (Phi) is 16.8. The molecule has 318 valence electrons. The number of esters is 1. The molecule has 0 aromatic carbocycles. The van der Waals surface area contributed by atoms with Crippen molar-refractivity contribution in [1.29, 1.82) is 0 Å². The van der Waals surface area contributed by atoms with Crippen LogP contribution in [0.25, 0.3) is 0 Å². The number of carbonyl (C=O) groups is 2. The minimum Gasteiger partial charge on any atom is -0.462 e. The zero-order valence-electron chi connectivity index (χ0n) is 37.6. The topological polar surface area (TPSA) is 111 Å². The molecular weight excluding hydrogens is 681 g/mol. The van der Waals surface area contributed by atoms with Crippen molar-refractivity contribution < 1.29 is 14.3 Å². The van der Waals surface area contributed by atoms with Gasteiger partial charge in [-0.2, -0.15) is 0 Å². The number of nitrogens with one attached hydrogen (secondary N) is 1. The first-order valence-electron chi connectivity index (χ1n) is 23.2. The first kappa shape index (κ1) is 46.3. The zero-order valence-corrected chi connectivity index (χ0v) is 37.6. The van der Waals surface area contributed by atoms with Crippen LogP contribution in [0.2, 0.25) is 0 Å². The Labute approximate surface area is 339 Å². The number of hydrogen-bond donors (Lipinski definition) is 3. The summed E-state index contributed by atoms with van der Waals surface area (Å²) in [6.07, 6.45) is 21.3. The van der Waals surface area contributed by atoms with Crippen LogP contribution in [0.4, 0.5) is 0 Å². The molecule has 3 fully saturated rings. The maximum atomic E-state index is 13.3. The summed E-state index contributed by atoms with van der Waals surface area (Å²) in [4.78, 5) is 28.4. The molecule has 55 heavy (non-hydrogen) atoms. The van der Waals surface area contributed by atoms with Crippen molar-refractivity contribution in [3.63, 3.8) is 0 Å². The molecule has 0 radical (unpaired) electrons. The predicted octanol–water partition coefficient (Wildman–Crippen LogP) is 10.2. The van der Waals surface area contributed by atoms with Crippen molar-refractivity contribution in [3.05, 3.63) is 11.6 Å². The maximum Gasteiger partial charge on any atom is 0.306 e. The number of nitrogens with two attached hydrogens (primary N) is 2. The highest BCUT2D eigenvalue weighted by Gasteiger charge is 2.59. The molecule has 0 aliphatic heterocycles. The van der Waals surface area contributed by atoms with Crippen LogP contribution in [0, 0.1) is 52.3 Å². The summed E-state index contributed by atoms with van der Waals surface area (Å²) in [6.45, 7) is 26.4. The van der Waals surface area contributed by atoms with E-state index in [9.17, 15) is 9.59 Å². The van der Waals surface area contributed by atoms with E-state index in [2.05, 4.69) is 66.8 Å². The maximum absolute atomic E-state index is 13.3. The van der Waals surface area contributed by atoms with Crippen LogP contribution in [0.3, 0.4) is 0 Å². The van der Waals surface area contributed by atoms with Gasteiger partial charge in [0, 0.05) is 43.4 Å². The molecule has 7 nitrogen and oxygen atoms in total. The highest BCUT2D eigenvalue weighted by atomic mass is 16.5. The van der Waals surface area contributed by atoms with Crippen LogP contribution in [-0.2, 0) is 14.3 Å². The van der Waals surface area contributed by atoms with Crippen LogP contribution in [-0.4, -0.2) is 60.1 Å². The molecule has 0 saturated heterocycles. The van der Waals surface area contributed by atoms with E-state index in [4.69, 9.17) is 16.2 Å². The Morgan fingerprint density at radius 2 is 1.62 bits per heavy atom. The predicted molar refractivity (Wildman–Crippen MR) is 230 cm³/mol. The average molecular weight is 769 g/mol. The van der Waals surface area contributed by atoms with Gasteiger partial charge in [0.05, 0.1) is 0 Å². The van der Waals surface area contributed by atoms with E-state index in [1.165, 1.54) is 51.4 Å². The molecule has 0 bridgehead atoms. The van der Waals surface area contributed by atoms with Gasteiger partial charge in [-0.05, 0) is 177 Å². The molecule has 0 spiro atoms. The Morgan fingerprint density at radius 3 is 2.29 bits per heavy atom. The molecule has 2 unspecified atom stereocenters. The molecule has 4 aliphatic carbocycles. The fraction of sp³-hybridized carbons (Fsp3) is 0.917. The molecule has 7 heteroatoms. The van der Waals surface area contributed by atoms with Crippen molar-refractivity contribution in [2.75, 3.05) is 26.2 Å². The van der Waals surface area contributed by atoms with Crippen LogP contribution < -0.4 is 16.8 Å². The molecular formula is C48H88N4O3. The summed E-state index contributed by atoms with van der Waals surface area (Å²) in [6, 6.07) is 0. The highest BCUT2D eigenvalue weighted by Crippen LogP contribution is 2.67. The lowest BCUT2D eigenvalue weighted by Crippen LogP contribution is -2.51. The standard InChI is InChI=1S/C48H88N4O3/c1-11-36(34(2)3)18-17-35(4)40-21-22-41-39-20-19-37-33-38(23-25-47(37,9)42(39)24-26-48(40,41)10)55-44(54)16-14-15-43(53)52(32-28-46(7,8)50)31-13-12-29-51-30-27-45(5,6)49/h19,34-36,38-42,51H,11-18,20-33,49-50H2,1-10H3/t35?,36?,38-,39-,40+,41-,42-,47-,48+/m0/s1. The second kappa shape index (κ2) is 20.0. The molecule has 5 N–H and O–H groups in total. The van der Waals surface area contributed by atoms with Crippen molar-refractivity contribution in [1.82, 2.24) is 10.2 Å². The summed E-state index contributed by atoms with van der Waals surface area (Å²) < 4.78 is 6.14. The number of fused-ring (bicyclic) bond motifs is 5. The third-order valence-corrected chi connectivity index (χ3v) is 15.7. The number of rotatable bonds is 22. The number of allylic oxidation sites excluding steroid dienone is 1. The quantitative estimate of drug-likeness (QED) is 0.0575. The third-order valence-electron chi connectivity index (χ3n) is 15.7. The van der Waals surface area contributed by atoms with E-state index >= 15 is 0 Å². The Balaban J connectivity index is 1.23. The van der Waals surface area contributed by atoms with E-state index in [0.29, 0.717) is 31.2 Å². The van der Waals surface area contributed by atoms with Crippen molar-refractivity contribution >= 4 is 11.9 Å². The van der Waals surface area contributed by atoms with Gasteiger partial charge in [0.1, 0.15) is 6.10 Å². The smallest absolute Gasteiger partial charge is 0.306 e. The van der Waals surface area contributed by atoms with Gasteiger partial charge >= 0.3 is 5.97 Å². The second-order valence-corrected chi connectivity index (χ2v) is 21.5. The largest absolute Gasteiger partial charge is 0.462 e. The number of amides is 1. The van der Waals surface area contributed by atoms with Crippen LogP contribution in [0.15, 0.2) is 11.6 Å². The van der Waals surface area contributed by atoms with Gasteiger partial charge in [0.2, 0.25) is 5.91 Å². The SMILES string of the molecule is CCC(CCC(C)[C@H]1CC[C@H]2[C@@H]3CC=C4C[C@@H](OC(=O)CCCC(=O)N(CCCCNCCC(C)(C)N)CCC(C)(C)N)CC[C@]4(C)[C@H]3CC[C@]12C)C(C)C. The lowest BCUT2D eigenvalue weighted by molar-refractivity contribution is -0.151. The Hall–Kier alpha value is -1.44. The average Bonchev–Trinajstić information content (AvgIpc) is 3.45. The summed E-state index contributed by atoms with van der Waals surface area (Å²) in [7, 11) is 0. The molecule has 0 aromatic heterocycles. The van der Waals surface area contributed by atoms with Crippen molar-refractivity contribution in [3.8, 4) is 0 Å². The molecule has 0 heterocycles. The third kappa shape index (κ3) is 12.8. The first-order chi connectivity index (χ1) is 25.8. The molecule has 9 atom stereocenters. The van der Waals surface area contributed by atoms with Gasteiger partial charge in [-0.15, -0.1) is 0 Å². The van der Waals surface area contributed by atoms with Crippen LogP contribution in [0.5, 0.6) is 0 Å². The highest BCUT2D eigenvalue weighted by molar-refractivity contribution is 5.77. The summed E-state index contributed by atoms with van der Waals surface area (Å²) >= 11 is 0. The number of unbranched alkanes of at least 4 members (excludes halogenated alkanes) is 1. The lowest BCUT2D eigenvalue weighted by Gasteiger charge is -2.58. The van der Waals surface area contributed by atoms with Gasteiger partial charge in [-0.3, -0.25) is 9.59 Å². The van der Waals surface area contributed by atoms with Gasteiger partial charge < -0.3 is 26.4 Å². The summed E-state index contributed by atoms with van der Waals surface area (Å²) in [5.41, 5.74) is 14.2. The zero-order chi connectivity index (χ0) is 40.6. The van der Waals surface area contributed by atoms with Crippen molar-refractivity contribution in [2.45, 2.75) is 202 Å². The van der Waals surface area contributed by atoms with E-state index < -0.39 is 0 Å². The van der Waals surface area contributed by atoms with Gasteiger partial charge in [0.25, 0.3) is 0 Å². The lowest BCUT2D eigenvalue weighted by atomic mass is 9.47. The number of ether oxygens (including phenoxy) is 1. The first-order valence-corrected chi connectivity index (χ1v) is 23.2. The van der Waals surface area contributed by atoms with E-state index in [0.717, 1.165) is 106 Å². The van der Waals surface area contributed by atoms with Crippen molar-refractivity contribution in [2.24, 2.45) is 63.7 Å². The van der Waals surface area contributed by atoms with Gasteiger partial charge in [-0.1, -0.05) is 66.0 Å².